The van der Waals surface area contributed by atoms with Crippen LogP contribution in [0.4, 0.5) is 5.69 Å². The molecule has 1 aromatic carbocycles. The maximum atomic E-state index is 12.1. The van der Waals surface area contributed by atoms with Crippen LogP contribution >= 0.6 is 0 Å². The van der Waals surface area contributed by atoms with Crippen molar-refractivity contribution < 1.29 is 4.79 Å². The molecular formula is C16H19N3O2. The molecule has 0 spiro atoms. The fourth-order valence-corrected chi connectivity index (χ4v) is 2.00. The molecular weight excluding hydrogens is 266 g/mol. The van der Waals surface area contributed by atoms with Crippen molar-refractivity contribution in [3.8, 4) is 0 Å². The van der Waals surface area contributed by atoms with Crippen molar-refractivity contribution in [1.82, 2.24) is 4.57 Å². The van der Waals surface area contributed by atoms with E-state index in [4.69, 9.17) is 5.73 Å². The van der Waals surface area contributed by atoms with E-state index in [9.17, 15) is 9.59 Å². The van der Waals surface area contributed by atoms with E-state index in [0.29, 0.717) is 12.1 Å². The van der Waals surface area contributed by atoms with Crippen LogP contribution in [0.2, 0.25) is 0 Å². The van der Waals surface area contributed by atoms with Gasteiger partial charge in [-0.25, -0.2) is 0 Å². The summed E-state index contributed by atoms with van der Waals surface area (Å²) in [4.78, 5) is 23.7. The van der Waals surface area contributed by atoms with Gasteiger partial charge in [0.2, 0.25) is 0 Å². The molecule has 21 heavy (non-hydrogen) atoms. The number of rotatable bonds is 5. The van der Waals surface area contributed by atoms with Crippen molar-refractivity contribution in [3.63, 3.8) is 0 Å². The number of nitrogens with zero attached hydrogens (tertiary/aromatic N) is 1. The van der Waals surface area contributed by atoms with E-state index in [1.807, 2.05) is 24.3 Å². The number of nitrogens with one attached hydrogen (secondary N) is 1. The Labute approximate surface area is 123 Å². The molecule has 1 heterocycles. The minimum atomic E-state index is -0.288. The van der Waals surface area contributed by atoms with Gasteiger partial charge in [-0.3, -0.25) is 9.59 Å². The molecule has 110 valence electrons. The predicted octanol–water partition coefficient (Wildman–Crippen LogP) is 1.53. The Kier molecular flexibility index (Phi) is 4.90. The summed E-state index contributed by atoms with van der Waals surface area (Å²) in [5.74, 6) is -0.288. The number of carbonyl (C=O) groups excluding carboxylic acids is 1. The molecule has 0 saturated carbocycles. The summed E-state index contributed by atoms with van der Waals surface area (Å²) in [6, 6.07) is 10.6. The quantitative estimate of drug-likeness (QED) is 0.874. The van der Waals surface area contributed by atoms with Gasteiger partial charge in [0.15, 0.2) is 0 Å². The van der Waals surface area contributed by atoms with Crippen LogP contribution in [0.3, 0.4) is 0 Å². The van der Waals surface area contributed by atoms with Gasteiger partial charge in [0.05, 0.1) is 0 Å². The lowest BCUT2D eigenvalue weighted by molar-refractivity contribution is 0.102. The second-order valence-electron chi connectivity index (χ2n) is 4.91. The van der Waals surface area contributed by atoms with E-state index in [0.717, 1.165) is 24.1 Å². The van der Waals surface area contributed by atoms with Crippen LogP contribution in [0.25, 0.3) is 0 Å². The third-order valence-corrected chi connectivity index (χ3v) is 3.22. The van der Waals surface area contributed by atoms with Gasteiger partial charge in [-0.05, 0) is 43.1 Å². The molecule has 3 N–H and O–H groups in total. The Hall–Kier alpha value is -2.40. The summed E-state index contributed by atoms with van der Waals surface area (Å²) in [6.45, 7) is 0.643. The summed E-state index contributed by atoms with van der Waals surface area (Å²) in [5.41, 5.74) is 7.48. The second-order valence-corrected chi connectivity index (χ2v) is 4.91. The number of amides is 1. The summed E-state index contributed by atoms with van der Waals surface area (Å²) in [7, 11) is 1.64. The molecule has 2 rings (SSSR count). The summed E-state index contributed by atoms with van der Waals surface area (Å²) >= 11 is 0. The van der Waals surface area contributed by atoms with E-state index in [2.05, 4.69) is 5.32 Å². The van der Waals surface area contributed by atoms with E-state index in [-0.39, 0.29) is 11.5 Å². The fourth-order valence-electron chi connectivity index (χ4n) is 2.00. The molecule has 1 amide bonds. The van der Waals surface area contributed by atoms with E-state index in [1.165, 1.54) is 10.6 Å². The normalized spacial score (nSPS) is 10.4. The number of nitrogens with two attached hydrogens (primary N) is 1. The Morgan fingerprint density at radius 3 is 2.81 bits per heavy atom. The Bertz CT molecular complexity index is 692. The Morgan fingerprint density at radius 2 is 2.10 bits per heavy atom. The molecule has 5 nitrogen and oxygen atoms in total. The van der Waals surface area contributed by atoms with Gasteiger partial charge in [0, 0.05) is 30.6 Å². The number of aromatic nitrogens is 1. The highest BCUT2D eigenvalue weighted by molar-refractivity contribution is 6.04. The first kappa shape index (κ1) is 15.0. The standard InChI is InChI=1S/C16H19N3O2/c1-19-9-7-13(11-15(19)20)16(21)18-14-6-2-4-12(10-14)5-3-8-17/h2,4,6-7,9-11H,3,5,8,17H2,1H3,(H,18,21). The third-order valence-electron chi connectivity index (χ3n) is 3.22. The minimum absolute atomic E-state index is 0.209. The summed E-state index contributed by atoms with van der Waals surface area (Å²) in [5, 5.41) is 2.80. The number of carbonyl (C=O) groups is 1. The summed E-state index contributed by atoms with van der Waals surface area (Å²) < 4.78 is 1.42. The van der Waals surface area contributed by atoms with Crippen molar-refractivity contribution in [1.29, 1.82) is 0 Å². The zero-order valence-electron chi connectivity index (χ0n) is 12.0. The molecule has 0 unspecified atom stereocenters. The smallest absolute Gasteiger partial charge is 0.255 e. The van der Waals surface area contributed by atoms with Gasteiger partial charge < -0.3 is 15.6 Å². The first-order valence-electron chi connectivity index (χ1n) is 6.87. The van der Waals surface area contributed by atoms with Crippen molar-refractivity contribution in [2.24, 2.45) is 12.8 Å². The van der Waals surface area contributed by atoms with Crippen LogP contribution in [0.15, 0.2) is 47.4 Å². The third kappa shape index (κ3) is 4.03. The van der Waals surface area contributed by atoms with Crippen LogP contribution in [0.5, 0.6) is 0 Å². The van der Waals surface area contributed by atoms with Crippen LogP contribution in [0, 0.1) is 0 Å². The summed E-state index contributed by atoms with van der Waals surface area (Å²) in [6.07, 6.45) is 3.37. The monoisotopic (exact) mass is 285 g/mol. The van der Waals surface area contributed by atoms with Gasteiger partial charge in [0.1, 0.15) is 0 Å². The molecule has 0 atom stereocenters. The maximum absolute atomic E-state index is 12.1. The van der Waals surface area contributed by atoms with E-state index >= 15 is 0 Å². The SMILES string of the molecule is Cn1ccc(C(=O)Nc2cccc(CCCN)c2)cc1=O. The van der Waals surface area contributed by atoms with Crippen molar-refractivity contribution in [2.75, 3.05) is 11.9 Å². The highest BCUT2D eigenvalue weighted by Gasteiger charge is 2.07. The van der Waals surface area contributed by atoms with Crippen molar-refractivity contribution in [3.05, 3.63) is 64.1 Å². The first-order chi connectivity index (χ1) is 10.1. The molecule has 2 aromatic rings. The highest BCUT2D eigenvalue weighted by atomic mass is 16.2. The molecule has 0 saturated heterocycles. The van der Waals surface area contributed by atoms with Gasteiger partial charge in [-0.1, -0.05) is 12.1 Å². The lowest BCUT2D eigenvalue weighted by Crippen LogP contribution is -2.20. The molecule has 0 aliphatic carbocycles. The zero-order chi connectivity index (χ0) is 15.2. The van der Waals surface area contributed by atoms with Gasteiger partial charge in [-0.2, -0.15) is 0 Å². The van der Waals surface area contributed by atoms with Crippen molar-refractivity contribution >= 4 is 11.6 Å². The van der Waals surface area contributed by atoms with Gasteiger partial charge in [-0.15, -0.1) is 0 Å². The predicted molar refractivity (Wildman–Crippen MR) is 83.5 cm³/mol. The molecule has 5 heteroatoms. The molecule has 0 aliphatic heterocycles. The topological polar surface area (TPSA) is 77.1 Å². The lowest BCUT2D eigenvalue weighted by atomic mass is 10.1. The molecule has 1 aromatic heterocycles. The lowest BCUT2D eigenvalue weighted by Gasteiger charge is -2.08. The number of hydrogen-bond donors (Lipinski definition) is 2. The number of pyridine rings is 1. The van der Waals surface area contributed by atoms with Crippen LogP contribution in [-0.4, -0.2) is 17.0 Å². The van der Waals surface area contributed by atoms with E-state index < -0.39 is 0 Å². The average Bonchev–Trinajstić information content (AvgIpc) is 2.48. The minimum Gasteiger partial charge on any atom is -0.330 e. The number of aryl methyl sites for hydroxylation is 2. The largest absolute Gasteiger partial charge is 0.330 e. The van der Waals surface area contributed by atoms with Crippen LogP contribution in [-0.2, 0) is 13.5 Å². The molecule has 0 fully saturated rings. The molecule has 0 aliphatic rings. The number of hydrogen-bond acceptors (Lipinski definition) is 3. The van der Waals surface area contributed by atoms with Crippen molar-refractivity contribution in [2.45, 2.75) is 12.8 Å². The molecule has 0 bridgehead atoms. The number of anilines is 1. The van der Waals surface area contributed by atoms with E-state index in [1.54, 1.807) is 19.3 Å². The highest BCUT2D eigenvalue weighted by Crippen LogP contribution is 2.13. The first-order valence-corrected chi connectivity index (χ1v) is 6.87. The van der Waals surface area contributed by atoms with Gasteiger partial charge in [0.25, 0.3) is 11.5 Å². The van der Waals surface area contributed by atoms with Gasteiger partial charge >= 0.3 is 0 Å². The number of benzene rings is 1. The fraction of sp³-hybridized carbons (Fsp3) is 0.250. The Balaban J connectivity index is 2.11. The van der Waals surface area contributed by atoms with Crippen LogP contribution in [0.1, 0.15) is 22.3 Å². The Morgan fingerprint density at radius 1 is 1.29 bits per heavy atom. The molecule has 0 radical (unpaired) electrons. The maximum Gasteiger partial charge on any atom is 0.255 e. The average molecular weight is 285 g/mol. The second kappa shape index (κ2) is 6.85. The van der Waals surface area contributed by atoms with Crippen LogP contribution < -0.4 is 16.6 Å². The zero-order valence-corrected chi connectivity index (χ0v) is 12.0.